The third kappa shape index (κ3) is 4.31. The van der Waals surface area contributed by atoms with Gasteiger partial charge in [-0.15, -0.1) is 0 Å². The fourth-order valence-corrected chi connectivity index (χ4v) is 5.57. The molecule has 2 saturated heterocycles. The topological polar surface area (TPSA) is 120 Å². The van der Waals surface area contributed by atoms with Crippen molar-refractivity contribution in [2.75, 3.05) is 13.1 Å². The SMILES string of the molecule is CC(C)=CCN1CC[C@@]2(C)c3cc(O[C@@H]4O[C@H](C(=O)O)[C@@H](O)[C@H](O)[C@H]4O)ccc3CC1[C@H]2C. The van der Waals surface area contributed by atoms with Crippen LogP contribution in [0.4, 0.5) is 0 Å². The molecule has 4 rings (SSSR count). The van der Waals surface area contributed by atoms with Gasteiger partial charge >= 0.3 is 5.97 Å². The number of hydrogen-bond donors (Lipinski definition) is 4. The molecule has 2 heterocycles. The van der Waals surface area contributed by atoms with Crippen LogP contribution in [0.1, 0.15) is 45.2 Å². The number of nitrogens with zero attached hydrogens (tertiary/aromatic N) is 1. The van der Waals surface area contributed by atoms with E-state index in [0.29, 0.717) is 17.7 Å². The number of piperidine rings is 1. The fourth-order valence-electron chi connectivity index (χ4n) is 5.57. The third-order valence-corrected chi connectivity index (χ3v) is 7.89. The third-order valence-electron chi connectivity index (χ3n) is 7.89. The van der Waals surface area contributed by atoms with E-state index in [4.69, 9.17) is 9.47 Å². The first-order valence-electron chi connectivity index (χ1n) is 11.6. The normalized spacial score (nSPS) is 38.3. The van der Waals surface area contributed by atoms with E-state index in [1.807, 2.05) is 12.1 Å². The molecule has 2 aliphatic heterocycles. The predicted octanol–water partition coefficient (Wildman–Crippen LogP) is 1.45. The summed E-state index contributed by atoms with van der Waals surface area (Å²) in [6, 6.07) is 6.23. The van der Waals surface area contributed by atoms with Crippen LogP contribution in [0.2, 0.25) is 0 Å². The lowest BCUT2D eigenvalue weighted by molar-refractivity contribution is -0.271. The van der Waals surface area contributed by atoms with Crippen molar-refractivity contribution in [1.82, 2.24) is 4.90 Å². The Labute approximate surface area is 194 Å². The summed E-state index contributed by atoms with van der Waals surface area (Å²) in [6.07, 6.45) is -3.87. The quantitative estimate of drug-likeness (QED) is 0.487. The Morgan fingerprint density at radius 1 is 1.24 bits per heavy atom. The molecule has 0 aromatic heterocycles. The van der Waals surface area contributed by atoms with Crippen LogP contribution in [-0.4, -0.2) is 81.1 Å². The zero-order chi connectivity index (χ0) is 24.1. The molecule has 33 heavy (non-hydrogen) atoms. The van der Waals surface area contributed by atoms with Gasteiger partial charge in [0.15, 0.2) is 6.10 Å². The first kappa shape index (κ1) is 24.2. The van der Waals surface area contributed by atoms with E-state index < -0.39 is 36.7 Å². The number of aliphatic hydroxyl groups excluding tert-OH is 3. The summed E-state index contributed by atoms with van der Waals surface area (Å²) in [7, 11) is 0. The maximum atomic E-state index is 11.4. The first-order chi connectivity index (χ1) is 15.5. The summed E-state index contributed by atoms with van der Waals surface area (Å²) in [5.74, 6) is -0.562. The number of allylic oxidation sites excluding steroid dienone is 1. The van der Waals surface area contributed by atoms with Gasteiger partial charge in [0.25, 0.3) is 0 Å². The van der Waals surface area contributed by atoms with Crippen molar-refractivity contribution in [3.63, 3.8) is 0 Å². The zero-order valence-corrected chi connectivity index (χ0v) is 19.6. The highest BCUT2D eigenvalue weighted by molar-refractivity contribution is 5.73. The van der Waals surface area contributed by atoms with Crippen LogP contribution >= 0.6 is 0 Å². The molecule has 0 saturated carbocycles. The van der Waals surface area contributed by atoms with Crippen LogP contribution in [-0.2, 0) is 21.4 Å². The van der Waals surface area contributed by atoms with Crippen LogP contribution in [0.3, 0.4) is 0 Å². The maximum absolute atomic E-state index is 11.4. The summed E-state index contributed by atoms with van der Waals surface area (Å²) in [6.45, 7) is 10.8. The zero-order valence-electron chi connectivity index (χ0n) is 19.6. The number of ether oxygens (including phenoxy) is 2. The first-order valence-corrected chi connectivity index (χ1v) is 11.6. The lowest BCUT2D eigenvalue weighted by atomic mass is 9.59. The number of carboxylic acid groups (broad SMARTS) is 1. The highest BCUT2D eigenvalue weighted by Crippen LogP contribution is 2.49. The van der Waals surface area contributed by atoms with Gasteiger partial charge in [0.2, 0.25) is 6.29 Å². The number of carbonyl (C=O) groups is 1. The average molecular weight is 462 g/mol. The van der Waals surface area contributed by atoms with Gasteiger partial charge in [-0.1, -0.05) is 31.6 Å². The molecule has 2 bridgehead atoms. The number of rotatable bonds is 5. The minimum absolute atomic E-state index is 0.0373. The molecule has 8 heteroatoms. The largest absolute Gasteiger partial charge is 0.479 e. The van der Waals surface area contributed by atoms with Crippen molar-refractivity contribution >= 4 is 5.97 Å². The average Bonchev–Trinajstić information content (AvgIpc) is 2.76. The van der Waals surface area contributed by atoms with Crippen molar-refractivity contribution in [2.24, 2.45) is 5.92 Å². The minimum Gasteiger partial charge on any atom is -0.479 e. The summed E-state index contributed by atoms with van der Waals surface area (Å²) in [4.78, 5) is 13.9. The second-order valence-electron chi connectivity index (χ2n) is 10.2. The van der Waals surface area contributed by atoms with Crippen LogP contribution in [0, 0.1) is 5.92 Å². The smallest absolute Gasteiger partial charge is 0.335 e. The Morgan fingerprint density at radius 3 is 2.64 bits per heavy atom. The highest BCUT2D eigenvalue weighted by atomic mass is 16.7. The Bertz CT molecular complexity index is 929. The van der Waals surface area contributed by atoms with Crippen LogP contribution < -0.4 is 4.74 Å². The van der Waals surface area contributed by atoms with Gasteiger partial charge in [-0.05, 0) is 67.8 Å². The van der Waals surface area contributed by atoms with Gasteiger partial charge < -0.3 is 29.9 Å². The molecular weight excluding hydrogens is 426 g/mol. The molecule has 1 aliphatic carbocycles. The number of likely N-dealkylation sites (tertiary alicyclic amines) is 1. The molecule has 1 aromatic carbocycles. The Balaban J connectivity index is 1.57. The molecule has 0 amide bonds. The van der Waals surface area contributed by atoms with E-state index in [2.05, 4.69) is 38.7 Å². The molecule has 1 aromatic rings. The number of carboxylic acids is 1. The van der Waals surface area contributed by atoms with E-state index in [9.17, 15) is 25.2 Å². The summed E-state index contributed by atoms with van der Waals surface area (Å²) < 4.78 is 11.1. The molecular formula is C25H35NO7. The van der Waals surface area contributed by atoms with Crippen molar-refractivity contribution in [3.05, 3.63) is 41.0 Å². The predicted molar refractivity (Wildman–Crippen MR) is 121 cm³/mol. The molecule has 182 valence electrons. The maximum Gasteiger partial charge on any atom is 0.335 e. The molecule has 1 unspecified atom stereocenters. The molecule has 0 spiro atoms. The van der Waals surface area contributed by atoms with Crippen molar-refractivity contribution in [2.45, 2.75) is 82.7 Å². The van der Waals surface area contributed by atoms with Gasteiger partial charge in [-0.25, -0.2) is 4.79 Å². The molecule has 8 nitrogen and oxygen atoms in total. The van der Waals surface area contributed by atoms with E-state index in [0.717, 1.165) is 25.9 Å². The molecule has 0 radical (unpaired) electrons. The number of aliphatic carboxylic acids is 1. The van der Waals surface area contributed by atoms with E-state index >= 15 is 0 Å². The summed E-state index contributed by atoms with van der Waals surface area (Å²) in [5.41, 5.74) is 3.75. The van der Waals surface area contributed by atoms with E-state index in [1.54, 1.807) is 6.07 Å². The van der Waals surface area contributed by atoms with Crippen molar-refractivity contribution in [3.8, 4) is 5.75 Å². The molecule has 4 N–H and O–H groups in total. The number of fused-ring (bicyclic) bond motifs is 4. The van der Waals surface area contributed by atoms with Gasteiger partial charge in [0.1, 0.15) is 24.1 Å². The van der Waals surface area contributed by atoms with E-state index in [-0.39, 0.29) is 5.41 Å². The summed E-state index contributed by atoms with van der Waals surface area (Å²) >= 11 is 0. The van der Waals surface area contributed by atoms with Crippen LogP contribution in [0.15, 0.2) is 29.8 Å². The lowest BCUT2D eigenvalue weighted by Gasteiger charge is -2.54. The van der Waals surface area contributed by atoms with Crippen molar-refractivity contribution < 1.29 is 34.7 Å². The standard InChI is InChI=1S/C25H35NO7/c1-13(2)7-9-26-10-8-25(4)14(3)18(26)11-15-5-6-16(12-17(15)25)32-24-21(29)19(27)20(28)22(33-24)23(30)31/h5-7,12,14,18-22,24,27-29H,8-11H2,1-4H3,(H,30,31)/t14-,18?,19+,20+,21-,22+,24-,25-/m1/s1. The fraction of sp³-hybridized carbons (Fsp3) is 0.640. The Morgan fingerprint density at radius 2 is 1.97 bits per heavy atom. The Kier molecular flexibility index (Phi) is 6.59. The molecule has 3 aliphatic rings. The van der Waals surface area contributed by atoms with Gasteiger partial charge in [0.05, 0.1) is 0 Å². The lowest BCUT2D eigenvalue weighted by Crippen LogP contribution is -2.61. The number of benzene rings is 1. The second kappa shape index (κ2) is 9.00. The van der Waals surface area contributed by atoms with Gasteiger partial charge in [0, 0.05) is 12.6 Å². The highest BCUT2D eigenvalue weighted by Gasteiger charge is 2.50. The van der Waals surface area contributed by atoms with Gasteiger partial charge in [-0.3, -0.25) is 4.90 Å². The summed E-state index contributed by atoms with van der Waals surface area (Å²) in [5, 5.41) is 39.5. The van der Waals surface area contributed by atoms with Crippen LogP contribution in [0.25, 0.3) is 0 Å². The number of hydrogen-bond acceptors (Lipinski definition) is 7. The minimum atomic E-state index is -1.74. The van der Waals surface area contributed by atoms with E-state index in [1.165, 1.54) is 16.7 Å². The van der Waals surface area contributed by atoms with Crippen LogP contribution in [0.5, 0.6) is 5.75 Å². The number of aliphatic hydroxyl groups is 3. The molecule has 8 atom stereocenters. The second-order valence-corrected chi connectivity index (χ2v) is 10.2. The molecule has 2 fully saturated rings. The Hall–Kier alpha value is -1.97. The monoisotopic (exact) mass is 461 g/mol. The van der Waals surface area contributed by atoms with Crippen molar-refractivity contribution in [1.29, 1.82) is 0 Å². The van der Waals surface area contributed by atoms with Gasteiger partial charge in [-0.2, -0.15) is 0 Å².